The number of carboxylic acids is 1. The van der Waals surface area contributed by atoms with E-state index in [1.807, 2.05) is 0 Å². The standard InChI is InChI=1S/C23H22O12/c1-31-10-5-3-9(4-6-10)12-7-11(24)15-13(33-12)8-14(20(32-2)16(15)25)34-23-19(28)17(26)18(27)21(35-23)22(29)30/h3-8,17-19,21,23,25-28H,1-2H3,(H,29,30). The Balaban J connectivity index is 1.78. The Labute approximate surface area is 197 Å². The van der Waals surface area contributed by atoms with Crippen molar-refractivity contribution in [2.75, 3.05) is 14.2 Å². The fourth-order valence-corrected chi connectivity index (χ4v) is 3.72. The van der Waals surface area contributed by atoms with Crippen molar-refractivity contribution in [3.63, 3.8) is 0 Å². The largest absolute Gasteiger partial charge is 0.504 e. The Hall–Kier alpha value is -3.84. The molecule has 186 valence electrons. The summed E-state index contributed by atoms with van der Waals surface area (Å²) in [6.45, 7) is 0. The number of hydrogen-bond acceptors (Lipinski definition) is 11. The van der Waals surface area contributed by atoms with E-state index in [2.05, 4.69) is 0 Å². The lowest BCUT2D eigenvalue weighted by Crippen LogP contribution is -2.61. The molecule has 5 N–H and O–H groups in total. The number of carbonyl (C=O) groups is 1. The smallest absolute Gasteiger partial charge is 0.335 e. The zero-order valence-electron chi connectivity index (χ0n) is 18.4. The summed E-state index contributed by atoms with van der Waals surface area (Å²) in [5.41, 5.74) is -0.162. The maximum Gasteiger partial charge on any atom is 0.335 e. The summed E-state index contributed by atoms with van der Waals surface area (Å²) in [4.78, 5) is 24.2. The molecule has 12 heteroatoms. The molecule has 1 aliphatic rings. The van der Waals surface area contributed by atoms with Crippen molar-refractivity contribution in [3.05, 3.63) is 46.6 Å². The highest BCUT2D eigenvalue weighted by atomic mass is 16.7. The van der Waals surface area contributed by atoms with Gasteiger partial charge in [-0.05, 0) is 24.3 Å². The van der Waals surface area contributed by atoms with Gasteiger partial charge < -0.3 is 48.9 Å². The molecule has 1 fully saturated rings. The number of carboxylic acid groups (broad SMARTS) is 1. The molecule has 2 aromatic carbocycles. The summed E-state index contributed by atoms with van der Waals surface area (Å²) in [7, 11) is 2.69. The average molecular weight is 490 g/mol. The van der Waals surface area contributed by atoms with Crippen molar-refractivity contribution in [1.29, 1.82) is 0 Å². The first-order valence-corrected chi connectivity index (χ1v) is 10.3. The topological polar surface area (TPSA) is 185 Å². The zero-order valence-corrected chi connectivity index (χ0v) is 18.4. The van der Waals surface area contributed by atoms with Crippen LogP contribution < -0.4 is 19.6 Å². The van der Waals surface area contributed by atoms with Gasteiger partial charge in [0.15, 0.2) is 23.0 Å². The molecule has 2 heterocycles. The number of methoxy groups -OCH3 is 2. The maximum absolute atomic E-state index is 12.8. The molecule has 0 spiro atoms. The third-order valence-electron chi connectivity index (χ3n) is 5.55. The van der Waals surface area contributed by atoms with Crippen molar-refractivity contribution in [1.82, 2.24) is 0 Å². The number of hydrogen-bond donors (Lipinski definition) is 5. The van der Waals surface area contributed by atoms with Crippen LogP contribution in [-0.2, 0) is 9.53 Å². The molecule has 1 aromatic heterocycles. The van der Waals surface area contributed by atoms with Crippen molar-refractivity contribution in [2.24, 2.45) is 0 Å². The van der Waals surface area contributed by atoms with Crippen LogP contribution in [0.4, 0.5) is 0 Å². The van der Waals surface area contributed by atoms with Crippen LogP contribution in [0.15, 0.2) is 45.6 Å². The Morgan fingerprint density at radius 2 is 1.66 bits per heavy atom. The van der Waals surface area contributed by atoms with Gasteiger partial charge in [0.2, 0.25) is 12.0 Å². The second kappa shape index (κ2) is 9.43. The van der Waals surface area contributed by atoms with E-state index in [-0.39, 0.29) is 28.2 Å². The first-order chi connectivity index (χ1) is 16.7. The van der Waals surface area contributed by atoms with Gasteiger partial charge in [-0.1, -0.05) is 0 Å². The molecule has 12 nitrogen and oxygen atoms in total. The second-order valence-corrected chi connectivity index (χ2v) is 7.69. The van der Waals surface area contributed by atoms with Gasteiger partial charge >= 0.3 is 5.97 Å². The molecule has 0 amide bonds. The minimum Gasteiger partial charge on any atom is -0.504 e. The third kappa shape index (κ3) is 4.35. The van der Waals surface area contributed by atoms with Gasteiger partial charge in [0.05, 0.1) is 14.2 Å². The minimum atomic E-state index is -1.92. The first-order valence-electron chi connectivity index (χ1n) is 10.3. The first kappa shape index (κ1) is 24.3. The molecule has 0 aliphatic carbocycles. The number of phenols is 1. The maximum atomic E-state index is 12.8. The molecule has 5 unspecified atom stereocenters. The fraction of sp³-hybridized carbons (Fsp3) is 0.304. The zero-order chi connectivity index (χ0) is 25.4. The molecule has 1 aliphatic heterocycles. The molecular formula is C23H22O12. The molecule has 0 radical (unpaired) electrons. The van der Waals surface area contributed by atoms with Gasteiger partial charge in [0, 0.05) is 17.7 Å². The van der Waals surface area contributed by atoms with Crippen molar-refractivity contribution < 1.29 is 53.7 Å². The molecule has 0 bridgehead atoms. The second-order valence-electron chi connectivity index (χ2n) is 7.69. The molecule has 1 saturated heterocycles. The summed E-state index contributed by atoms with van der Waals surface area (Å²) in [5.74, 6) is -2.09. The number of rotatable bonds is 6. The number of phenolic OH excluding ortho intramolecular Hbond substituents is 1. The van der Waals surface area contributed by atoms with Crippen LogP contribution in [0.25, 0.3) is 22.3 Å². The van der Waals surface area contributed by atoms with E-state index in [0.29, 0.717) is 11.3 Å². The third-order valence-corrected chi connectivity index (χ3v) is 5.55. The molecular weight excluding hydrogens is 468 g/mol. The van der Waals surface area contributed by atoms with E-state index in [0.717, 1.165) is 0 Å². The van der Waals surface area contributed by atoms with Gasteiger partial charge in [-0.3, -0.25) is 4.79 Å². The normalized spacial score (nSPS) is 24.2. The van der Waals surface area contributed by atoms with E-state index in [1.54, 1.807) is 24.3 Å². The number of ether oxygens (including phenoxy) is 4. The van der Waals surface area contributed by atoms with Crippen molar-refractivity contribution in [2.45, 2.75) is 30.7 Å². The van der Waals surface area contributed by atoms with Crippen molar-refractivity contribution in [3.8, 4) is 34.3 Å². The lowest BCUT2D eigenvalue weighted by molar-refractivity contribution is -0.271. The van der Waals surface area contributed by atoms with Crippen LogP contribution in [0.1, 0.15) is 0 Å². The number of benzene rings is 2. The summed E-state index contributed by atoms with van der Waals surface area (Å²) in [6.07, 6.45) is -9.37. The summed E-state index contributed by atoms with van der Waals surface area (Å²) < 4.78 is 26.7. The van der Waals surface area contributed by atoms with E-state index < -0.39 is 47.9 Å². The Morgan fingerprint density at radius 3 is 2.26 bits per heavy atom. The fourth-order valence-electron chi connectivity index (χ4n) is 3.72. The number of aliphatic hydroxyl groups excluding tert-OH is 3. The monoisotopic (exact) mass is 490 g/mol. The van der Waals surface area contributed by atoms with Gasteiger partial charge in [0.25, 0.3) is 0 Å². The predicted molar refractivity (Wildman–Crippen MR) is 118 cm³/mol. The highest BCUT2D eigenvalue weighted by molar-refractivity contribution is 5.89. The number of fused-ring (bicyclic) bond motifs is 1. The van der Waals surface area contributed by atoms with Gasteiger partial charge in [-0.25, -0.2) is 4.79 Å². The molecule has 5 atom stereocenters. The van der Waals surface area contributed by atoms with Crippen LogP contribution in [0.5, 0.6) is 23.0 Å². The molecule has 35 heavy (non-hydrogen) atoms. The lowest BCUT2D eigenvalue weighted by Gasteiger charge is -2.38. The number of aromatic hydroxyl groups is 1. The van der Waals surface area contributed by atoms with E-state index >= 15 is 0 Å². The molecule has 3 aromatic rings. The van der Waals surface area contributed by atoms with Crippen molar-refractivity contribution >= 4 is 16.9 Å². The lowest BCUT2D eigenvalue weighted by atomic mass is 9.99. The van der Waals surface area contributed by atoms with Crippen LogP contribution in [0, 0.1) is 0 Å². The minimum absolute atomic E-state index is 0.114. The summed E-state index contributed by atoms with van der Waals surface area (Å²) in [5, 5.41) is 49.9. The Kier molecular flexibility index (Phi) is 6.54. The number of aliphatic carboxylic acids is 1. The summed E-state index contributed by atoms with van der Waals surface area (Å²) in [6, 6.07) is 9.03. The van der Waals surface area contributed by atoms with E-state index in [9.17, 15) is 35.1 Å². The molecule has 4 rings (SSSR count). The number of aliphatic hydroxyl groups is 3. The molecule has 0 saturated carbocycles. The Bertz CT molecular complexity index is 1300. The Morgan fingerprint density at radius 1 is 0.971 bits per heavy atom. The van der Waals surface area contributed by atoms with E-state index in [1.165, 1.54) is 26.4 Å². The highest BCUT2D eigenvalue weighted by Crippen LogP contribution is 2.43. The predicted octanol–water partition coefficient (Wildman–Crippen LogP) is 0.454. The average Bonchev–Trinajstić information content (AvgIpc) is 2.83. The quantitative estimate of drug-likeness (QED) is 0.322. The van der Waals surface area contributed by atoms with E-state index in [4.69, 9.17) is 23.4 Å². The SMILES string of the molecule is COc1ccc(-c2cc(=O)c3c(O)c(OC)c(OC4OC(C(=O)O)C(O)C(O)C4O)cc3o2)cc1. The van der Waals surface area contributed by atoms with Crippen LogP contribution in [-0.4, -0.2) is 76.4 Å². The van der Waals surface area contributed by atoms with Crippen LogP contribution >= 0.6 is 0 Å². The highest BCUT2D eigenvalue weighted by Gasteiger charge is 2.48. The van der Waals surface area contributed by atoms with Crippen LogP contribution in [0.2, 0.25) is 0 Å². The van der Waals surface area contributed by atoms with Gasteiger partial charge in [0.1, 0.15) is 40.8 Å². The van der Waals surface area contributed by atoms with Gasteiger partial charge in [-0.15, -0.1) is 0 Å². The van der Waals surface area contributed by atoms with Crippen LogP contribution in [0.3, 0.4) is 0 Å². The van der Waals surface area contributed by atoms with Gasteiger partial charge in [-0.2, -0.15) is 0 Å². The summed E-state index contributed by atoms with van der Waals surface area (Å²) >= 11 is 0.